The smallest absolute Gasteiger partial charge is 0.410 e. The molecule has 0 saturated carbocycles. The zero-order chi connectivity index (χ0) is 41.7. The largest absolute Gasteiger partial charge is 0.496 e. The maximum Gasteiger partial charge on any atom is 0.410 e. The number of anilines is 1. The topological polar surface area (TPSA) is 130 Å². The van der Waals surface area contributed by atoms with Crippen molar-refractivity contribution in [1.82, 2.24) is 4.90 Å². The van der Waals surface area contributed by atoms with Crippen molar-refractivity contribution in [2.45, 2.75) is 76.1 Å². The quantitative estimate of drug-likeness (QED) is 0.0728. The Morgan fingerprint density at radius 2 is 1.55 bits per heavy atom. The molecule has 5 rings (SSSR count). The number of carbonyl (C=O) groups is 2. The van der Waals surface area contributed by atoms with E-state index in [1.54, 1.807) is 37.3 Å². The predicted octanol–water partition coefficient (Wildman–Crippen LogP) is 7.71. The van der Waals surface area contributed by atoms with Crippen LogP contribution in [0.2, 0.25) is 0 Å². The SMILES string of the molecule is COc1ccccc1COCCCOc1ccc(C2CCN(C(=O)OC(C)(C)C)CC2OCC(=O)N(C)c2ccccc2CCOS(=O)(=O)c2ccc(C)cc2)cc1. The van der Waals surface area contributed by atoms with Crippen molar-refractivity contribution in [3.05, 3.63) is 119 Å². The van der Waals surface area contributed by atoms with E-state index in [0.29, 0.717) is 44.9 Å². The van der Waals surface area contributed by atoms with Gasteiger partial charge in [-0.25, -0.2) is 4.79 Å². The molecule has 1 aliphatic rings. The van der Waals surface area contributed by atoms with E-state index in [1.165, 1.54) is 17.0 Å². The van der Waals surface area contributed by atoms with Gasteiger partial charge in [0.1, 0.15) is 23.7 Å². The van der Waals surface area contributed by atoms with Gasteiger partial charge in [0.2, 0.25) is 0 Å². The zero-order valence-electron chi connectivity index (χ0n) is 34.3. The normalized spacial score (nSPS) is 15.8. The minimum Gasteiger partial charge on any atom is -0.496 e. The number of rotatable bonds is 18. The minimum atomic E-state index is -3.94. The van der Waals surface area contributed by atoms with Gasteiger partial charge in [0.25, 0.3) is 16.0 Å². The monoisotopic (exact) mass is 816 g/mol. The number of para-hydroxylation sites is 2. The van der Waals surface area contributed by atoms with E-state index in [4.69, 9.17) is 27.9 Å². The number of hydrogen-bond acceptors (Lipinski definition) is 10. The van der Waals surface area contributed by atoms with Gasteiger partial charge < -0.3 is 33.5 Å². The van der Waals surface area contributed by atoms with E-state index in [2.05, 4.69) is 0 Å². The molecule has 1 fully saturated rings. The molecule has 58 heavy (non-hydrogen) atoms. The Balaban J connectivity index is 1.18. The zero-order valence-corrected chi connectivity index (χ0v) is 35.2. The third-order valence-electron chi connectivity index (χ3n) is 9.74. The van der Waals surface area contributed by atoms with Crippen molar-refractivity contribution < 1.29 is 45.9 Å². The molecule has 0 radical (unpaired) electrons. The van der Waals surface area contributed by atoms with Gasteiger partial charge in [0, 0.05) is 37.2 Å². The van der Waals surface area contributed by atoms with E-state index in [0.717, 1.165) is 33.8 Å². The standard InChI is InChI=1S/C45H56N2O10S/c1-33-16-22-38(23-17-33)58(50,51)56-29-25-35-12-7-9-14-40(35)46(5)43(48)32-55-42-30-47(44(49)57-45(2,3)4)26-24-39(42)34-18-20-37(21-19-34)54-28-11-27-53-31-36-13-8-10-15-41(36)52-6/h7-10,12-23,39,42H,11,24-32H2,1-6H3. The van der Waals surface area contributed by atoms with Gasteiger partial charge in [-0.1, -0.05) is 66.2 Å². The molecule has 2 atom stereocenters. The van der Waals surface area contributed by atoms with Crippen LogP contribution < -0.4 is 14.4 Å². The molecule has 0 spiro atoms. The third-order valence-corrected chi connectivity index (χ3v) is 11.1. The second-order valence-corrected chi connectivity index (χ2v) is 16.8. The number of hydrogen-bond donors (Lipinski definition) is 0. The first-order valence-electron chi connectivity index (χ1n) is 19.6. The highest BCUT2D eigenvalue weighted by Crippen LogP contribution is 2.33. The Bertz CT molecular complexity index is 2050. The predicted molar refractivity (Wildman–Crippen MR) is 222 cm³/mol. The van der Waals surface area contributed by atoms with Crippen LogP contribution in [0.25, 0.3) is 0 Å². The number of amides is 2. The number of nitrogens with zero attached hydrogens (tertiary/aromatic N) is 2. The van der Waals surface area contributed by atoms with Crippen LogP contribution in [-0.2, 0) is 46.3 Å². The first kappa shape index (κ1) is 44.2. The Morgan fingerprint density at radius 3 is 2.26 bits per heavy atom. The molecule has 0 N–H and O–H groups in total. The maximum absolute atomic E-state index is 13.7. The van der Waals surface area contributed by atoms with Crippen molar-refractivity contribution in [2.24, 2.45) is 0 Å². The number of benzene rings is 4. The molecule has 0 aliphatic carbocycles. The summed E-state index contributed by atoms with van der Waals surface area (Å²) in [7, 11) is -0.635. The fraction of sp³-hybridized carbons (Fsp3) is 0.422. The van der Waals surface area contributed by atoms with Crippen LogP contribution in [0.15, 0.2) is 102 Å². The Hall–Kier alpha value is -4.95. The fourth-order valence-corrected chi connectivity index (χ4v) is 7.53. The summed E-state index contributed by atoms with van der Waals surface area (Å²) in [4.78, 5) is 30.0. The van der Waals surface area contributed by atoms with Crippen molar-refractivity contribution in [3.63, 3.8) is 0 Å². The maximum atomic E-state index is 13.7. The van der Waals surface area contributed by atoms with Gasteiger partial charge in [0.15, 0.2) is 0 Å². The molecule has 2 unspecified atom stereocenters. The summed E-state index contributed by atoms with van der Waals surface area (Å²) in [6.07, 6.45) is 0.645. The molecule has 2 amide bonds. The Morgan fingerprint density at radius 1 is 0.862 bits per heavy atom. The summed E-state index contributed by atoms with van der Waals surface area (Å²) in [5, 5.41) is 0. The molecule has 12 nitrogen and oxygen atoms in total. The van der Waals surface area contributed by atoms with Crippen molar-refractivity contribution in [3.8, 4) is 11.5 Å². The number of piperidine rings is 1. The highest BCUT2D eigenvalue weighted by atomic mass is 32.2. The average Bonchev–Trinajstić information content (AvgIpc) is 3.21. The molecule has 1 heterocycles. The highest BCUT2D eigenvalue weighted by molar-refractivity contribution is 7.86. The van der Waals surface area contributed by atoms with Crippen LogP contribution in [0.3, 0.4) is 0 Å². The van der Waals surface area contributed by atoms with Gasteiger partial charge in [-0.15, -0.1) is 0 Å². The second-order valence-electron chi connectivity index (χ2n) is 15.2. The summed E-state index contributed by atoms with van der Waals surface area (Å²) >= 11 is 0. The molecule has 1 aliphatic heterocycles. The van der Waals surface area contributed by atoms with E-state index < -0.39 is 27.9 Å². The van der Waals surface area contributed by atoms with Crippen molar-refractivity contribution in [1.29, 1.82) is 0 Å². The van der Waals surface area contributed by atoms with Gasteiger partial charge in [-0.3, -0.25) is 8.98 Å². The first-order chi connectivity index (χ1) is 27.7. The van der Waals surface area contributed by atoms with E-state index in [1.807, 2.05) is 94.4 Å². The summed E-state index contributed by atoms with van der Waals surface area (Å²) < 4.78 is 60.1. The summed E-state index contributed by atoms with van der Waals surface area (Å²) in [6.45, 7) is 9.22. The van der Waals surface area contributed by atoms with Gasteiger partial charge >= 0.3 is 6.09 Å². The van der Waals surface area contributed by atoms with Crippen LogP contribution in [0.1, 0.15) is 61.8 Å². The molecule has 4 aromatic carbocycles. The van der Waals surface area contributed by atoms with Crippen molar-refractivity contribution in [2.75, 3.05) is 58.6 Å². The number of ether oxygens (including phenoxy) is 5. The van der Waals surface area contributed by atoms with Crippen LogP contribution in [-0.4, -0.2) is 90.7 Å². The lowest BCUT2D eigenvalue weighted by molar-refractivity contribution is -0.126. The van der Waals surface area contributed by atoms with Gasteiger partial charge in [0.05, 0.1) is 51.1 Å². The van der Waals surface area contributed by atoms with Gasteiger partial charge in [-0.05, 0) is 88.1 Å². The number of aryl methyl sites for hydroxylation is 1. The van der Waals surface area contributed by atoms with Crippen LogP contribution in [0.4, 0.5) is 10.5 Å². The van der Waals surface area contributed by atoms with Gasteiger partial charge in [-0.2, -0.15) is 8.42 Å². The molecule has 0 bridgehead atoms. The lowest BCUT2D eigenvalue weighted by Crippen LogP contribution is -2.49. The fourth-order valence-electron chi connectivity index (χ4n) is 6.62. The van der Waals surface area contributed by atoms with Crippen LogP contribution >= 0.6 is 0 Å². The summed E-state index contributed by atoms with van der Waals surface area (Å²) in [5.74, 6) is 1.13. The van der Waals surface area contributed by atoms with Crippen molar-refractivity contribution >= 4 is 27.8 Å². The molecular weight excluding hydrogens is 761 g/mol. The second kappa shape index (κ2) is 20.6. The number of likely N-dealkylation sites (N-methyl/N-ethyl adjacent to an activating group) is 1. The number of likely N-dealkylation sites (tertiary alicyclic amines) is 1. The minimum absolute atomic E-state index is 0.0877. The number of carbonyl (C=O) groups excluding carboxylic acids is 2. The molecule has 13 heteroatoms. The highest BCUT2D eigenvalue weighted by Gasteiger charge is 2.36. The summed E-state index contributed by atoms with van der Waals surface area (Å²) in [6, 6.07) is 29.4. The molecule has 1 saturated heterocycles. The van der Waals surface area contributed by atoms with E-state index in [9.17, 15) is 18.0 Å². The lowest BCUT2D eigenvalue weighted by Gasteiger charge is -2.39. The average molecular weight is 817 g/mol. The lowest BCUT2D eigenvalue weighted by atomic mass is 9.87. The molecule has 312 valence electrons. The van der Waals surface area contributed by atoms with E-state index >= 15 is 0 Å². The molecular formula is C45H56N2O10S. The third kappa shape index (κ3) is 12.8. The first-order valence-corrected chi connectivity index (χ1v) is 21.0. The molecule has 0 aromatic heterocycles. The Kier molecular flexibility index (Phi) is 15.7. The van der Waals surface area contributed by atoms with Crippen LogP contribution in [0.5, 0.6) is 11.5 Å². The van der Waals surface area contributed by atoms with E-state index in [-0.39, 0.29) is 42.9 Å². The van der Waals surface area contributed by atoms with Crippen LogP contribution in [0, 0.1) is 6.92 Å². The number of methoxy groups -OCH3 is 1. The molecule has 4 aromatic rings. The Labute approximate surface area is 343 Å². The summed E-state index contributed by atoms with van der Waals surface area (Å²) in [5.41, 5.74) is 3.64.